The molecule has 0 saturated carbocycles. The van der Waals surface area contributed by atoms with E-state index in [2.05, 4.69) is 4.74 Å². The number of nitrogens with two attached hydrogens (primary N) is 1. The first-order chi connectivity index (χ1) is 8.24. The Hall–Kier alpha value is -1.95. The smallest absolute Gasteiger partial charge is 0.406 e. The number of carbonyl (C=O) groups is 1. The Morgan fingerprint density at radius 1 is 1.24 bits per heavy atom. The molecule has 0 heterocycles. The molecule has 0 unspecified atom stereocenters. The summed E-state index contributed by atoms with van der Waals surface area (Å²) in [5.74, 6) is 1.29. The van der Waals surface area contributed by atoms with Crippen LogP contribution in [0.3, 0.4) is 0 Å². The van der Waals surface area contributed by atoms with Crippen LogP contribution in [0.2, 0.25) is 0 Å². The van der Waals surface area contributed by atoms with E-state index in [0.29, 0.717) is 18.1 Å². The lowest BCUT2D eigenvalue weighted by Crippen LogP contribution is -2.17. The highest BCUT2D eigenvalue weighted by molar-refractivity contribution is 5.64. The zero-order valence-corrected chi connectivity index (χ0v) is 9.55. The molecule has 6 heteroatoms. The van der Waals surface area contributed by atoms with Gasteiger partial charge in [0.15, 0.2) is 18.3 Å². The molecule has 1 amide bonds. The topological polar surface area (TPSA) is 80.0 Å². The Morgan fingerprint density at radius 3 is 2.59 bits per heavy atom. The fraction of sp³-hybridized carbons (Fsp3) is 0.364. The summed E-state index contributed by atoms with van der Waals surface area (Å²) < 4.78 is 19.8. The van der Waals surface area contributed by atoms with Crippen LogP contribution in [0.4, 0.5) is 4.79 Å². The Morgan fingerprint density at radius 2 is 1.94 bits per heavy atom. The molecule has 0 aromatic heterocycles. The molecule has 0 atom stereocenters. The molecule has 0 radical (unpaired) electrons. The fourth-order valence-corrected chi connectivity index (χ4v) is 1.11. The number of benzene rings is 1. The molecule has 0 saturated heterocycles. The summed E-state index contributed by atoms with van der Waals surface area (Å²) in [6.07, 6.45) is -0.865. The first-order valence-corrected chi connectivity index (χ1v) is 5.00. The van der Waals surface area contributed by atoms with Crippen molar-refractivity contribution in [2.75, 3.05) is 27.1 Å². The highest BCUT2D eigenvalue weighted by Gasteiger charge is 2.01. The van der Waals surface area contributed by atoms with Crippen molar-refractivity contribution >= 4 is 6.09 Å². The van der Waals surface area contributed by atoms with Gasteiger partial charge >= 0.3 is 6.09 Å². The number of hydrogen-bond acceptors (Lipinski definition) is 5. The van der Waals surface area contributed by atoms with Gasteiger partial charge in [-0.3, -0.25) is 0 Å². The molecule has 1 aromatic carbocycles. The van der Waals surface area contributed by atoms with Gasteiger partial charge in [-0.2, -0.15) is 0 Å². The van der Waals surface area contributed by atoms with Crippen LogP contribution in [0.25, 0.3) is 0 Å². The lowest BCUT2D eigenvalue weighted by molar-refractivity contribution is -0.0213. The number of para-hydroxylation sites is 2. The van der Waals surface area contributed by atoms with Crippen molar-refractivity contribution in [1.82, 2.24) is 0 Å². The summed E-state index contributed by atoms with van der Waals surface area (Å²) in [6.45, 7) is 0.429. The van der Waals surface area contributed by atoms with E-state index < -0.39 is 6.09 Å². The normalized spacial score (nSPS) is 9.71. The molecule has 0 aliphatic heterocycles. The zero-order valence-electron chi connectivity index (χ0n) is 9.55. The Labute approximate surface area is 99.2 Å². The number of ether oxygens (including phenoxy) is 4. The molecule has 1 aromatic rings. The molecule has 94 valence electrons. The lowest BCUT2D eigenvalue weighted by atomic mass is 10.3. The largest absolute Gasteiger partial charge is 0.493 e. The van der Waals surface area contributed by atoms with Crippen molar-refractivity contribution in [3.63, 3.8) is 0 Å². The van der Waals surface area contributed by atoms with Gasteiger partial charge in [0, 0.05) is 0 Å². The molecule has 0 spiro atoms. The SMILES string of the molecule is COc1ccccc1OCCOCOC(N)=O. The zero-order chi connectivity index (χ0) is 12.5. The third-order valence-electron chi connectivity index (χ3n) is 1.84. The highest BCUT2D eigenvalue weighted by atomic mass is 16.7. The van der Waals surface area contributed by atoms with E-state index >= 15 is 0 Å². The van der Waals surface area contributed by atoms with Gasteiger partial charge in [0.25, 0.3) is 0 Å². The van der Waals surface area contributed by atoms with Gasteiger partial charge in [-0.05, 0) is 12.1 Å². The van der Waals surface area contributed by atoms with Crippen LogP contribution in [0.5, 0.6) is 11.5 Å². The molecule has 1 rings (SSSR count). The Bertz CT molecular complexity index is 355. The predicted octanol–water partition coefficient (Wildman–Crippen LogP) is 1.14. The molecule has 0 aliphatic carbocycles. The molecular weight excluding hydrogens is 226 g/mol. The average Bonchev–Trinajstić information content (AvgIpc) is 2.33. The standard InChI is InChI=1S/C11H15NO5/c1-14-9-4-2-3-5-10(9)16-7-6-15-8-17-11(12)13/h2-5H,6-8H2,1H3,(H2,12,13). The molecule has 17 heavy (non-hydrogen) atoms. The number of amides is 1. The summed E-state index contributed by atoms with van der Waals surface area (Å²) >= 11 is 0. The minimum Gasteiger partial charge on any atom is -0.493 e. The first kappa shape index (κ1) is 13.1. The van der Waals surface area contributed by atoms with Crippen LogP contribution in [-0.4, -0.2) is 33.2 Å². The Balaban J connectivity index is 2.19. The van der Waals surface area contributed by atoms with Crippen LogP contribution in [0.1, 0.15) is 0 Å². The third-order valence-corrected chi connectivity index (χ3v) is 1.84. The van der Waals surface area contributed by atoms with Crippen LogP contribution < -0.4 is 15.2 Å². The van der Waals surface area contributed by atoms with Crippen LogP contribution in [0.15, 0.2) is 24.3 Å². The van der Waals surface area contributed by atoms with Gasteiger partial charge in [0.1, 0.15) is 6.61 Å². The van der Waals surface area contributed by atoms with E-state index in [4.69, 9.17) is 19.9 Å². The lowest BCUT2D eigenvalue weighted by Gasteiger charge is -2.10. The fourth-order valence-electron chi connectivity index (χ4n) is 1.11. The van der Waals surface area contributed by atoms with Gasteiger partial charge in [-0.1, -0.05) is 12.1 Å². The Kier molecular flexibility index (Phi) is 5.67. The average molecular weight is 241 g/mol. The van der Waals surface area contributed by atoms with Crippen molar-refractivity contribution in [1.29, 1.82) is 0 Å². The minimum atomic E-state index is -0.865. The minimum absolute atomic E-state index is 0.176. The van der Waals surface area contributed by atoms with Crippen molar-refractivity contribution in [3.8, 4) is 11.5 Å². The summed E-state index contributed by atoms with van der Waals surface area (Å²) in [5, 5.41) is 0. The van der Waals surface area contributed by atoms with Gasteiger partial charge < -0.3 is 24.7 Å². The van der Waals surface area contributed by atoms with Gasteiger partial charge in [0.2, 0.25) is 0 Å². The predicted molar refractivity (Wildman–Crippen MR) is 60.0 cm³/mol. The van der Waals surface area contributed by atoms with Gasteiger partial charge in [-0.15, -0.1) is 0 Å². The van der Waals surface area contributed by atoms with Crippen molar-refractivity contribution in [3.05, 3.63) is 24.3 Å². The molecule has 0 aliphatic rings. The van der Waals surface area contributed by atoms with Crippen molar-refractivity contribution in [2.24, 2.45) is 5.73 Å². The van der Waals surface area contributed by atoms with Gasteiger partial charge in [-0.25, -0.2) is 4.79 Å². The molecular formula is C11H15NO5. The number of methoxy groups -OCH3 is 1. The maximum Gasteiger partial charge on any atom is 0.406 e. The van der Waals surface area contributed by atoms with E-state index in [1.54, 1.807) is 19.2 Å². The first-order valence-electron chi connectivity index (χ1n) is 5.00. The molecule has 2 N–H and O–H groups in total. The third kappa shape index (κ3) is 5.07. The van der Waals surface area contributed by atoms with Crippen LogP contribution >= 0.6 is 0 Å². The molecule has 6 nitrogen and oxygen atoms in total. The van der Waals surface area contributed by atoms with Gasteiger partial charge in [0.05, 0.1) is 13.7 Å². The van der Waals surface area contributed by atoms with E-state index in [1.807, 2.05) is 12.1 Å². The van der Waals surface area contributed by atoms with Crippen LogP contribution in [-0.2, 0) is 9.47 Å². The summed E-state index contributed by atoms with van der Waals surface area (Å²) in [5.41, 5.74) is 4.75. The van der Waals surface area contributed by atoms with E-state index in [1.165, 1.54) is 0 Å². The second-order valence-electron chi connectivity index (χ2n) is 2.99. The van der Waals surface area contributed by atoms with Crippen LogP contribution in [0, 0.1) is 0 Å². The monoisotopic (exact) mass is 241 g/mol. The van der Waals surface area contributed by atoms with E-state index in [-0.39, 0.29) is 13.4 Å². The maximum absolute atomic E-state index is 10.2. The second-order valence-corrected chi connectivity index (χ2v) is 2.99. The quantitative estimate of drug-likeness (QED) is 0.572. The van der Waals surface area contributed by atoms with Crippen molar-refractivity contribution in [2.45, 2.75) is 0 Å². The summed E-state index contributed by atoms with van der Waals surface area (Å²) in [4.78, 5) is 10.2. The number of rotatable bonds is 7. The second kappa shape index (κ2) is 7.34. The molecule has 0 fully saturated rings. The number of hydrogen-bond donors (Lipinski definition) is 1. The summed E-state index contributed by atoms with van der Waals surface area (Å²) in [6, 6.07) is 7.28. The molecule has 0 bridgehead atoms. The van der Waals surface area contributed by atoms with E-state index in [9.17, 15) is 4.79 Å². The number of primary amides is 1. The summed E-state index contributed by atoms with van der Waals surface area (Å²) in [7, 11) is 1.57. The van der Waals surface area contributed by atoms with E-state index in [0.717, 1.165) is 0 Å². The highest BCUT2D eigenvalue weighted by Crippen LogP contribution is 2.25. The maximum atomic E-state index is 10.2. The number of carbonyl (C=O) groups excluding carboxylic acids is 1. The van der Waals surface area contributed by atoms with Crippen molar-refractivity contribution < 1.29 is 23.7 Å².